The van der Waals surface area contributed by atoms with Crippen LogP contribution in [0.4, 0.5) is 0 Å². The van der Waals surface area contributed by atoms with E-state index in [1.807, 2.05) is 13.8 Å². The maximum Gasteiger partial charge on any atom is 0.234 e. The first kappa shape index (κ1) is 22.9. The third-order valence-electron chi connectivity index (χ3n) is 4.91. The van der Waals surface area contributed by atoms with E-state index in [2.05, 4.69) is 27.4 Å². The van der Waals surface area contributed by atoms with Gasteiger partial charge in [-0.05, 0) is 40.0 Å². The summed E-state index contributed by atoms with van der Waals surface area (Å²) in [5.41, 5.74) is 0. The number of hydrogen-bond acceptors (Lipinski definition) is 5. The van der Waals surface area contributed by atoms with Gasteiger partial charge in [0.2, 0.25) is 5.91 Å². The number of rotatable bonds is 9. The van der Waals surface area contributed by atoms with E-state index in [4.69, 9.17) is 14.5 Å². The maximum absolute atomic E-state index is 11.9. The standard InChI is InChI=1S/C20H39N5O3/c1-4-21-20(22-8-5-13-28-18-6-14-27-15-7-18)25-11-9-24(10-12-25)16-19(26)23-17(2)3/h17-18H,4-16H2,1-3H3,(H,21,22)(H,23,26). The third kappa shape index (κ3) is 8.75. The monoisotopic (exact) mass is 397 g/mol. The predicted octanol–water partition coefficient (Wildman–Crippen LogP) is 0.680. The highest BCUT2D eigenvalue weighted by atomic mass is 16.5. The molecule has 0 spiro atoms. The summed E-state index contributed by atoms with van der Waals surface area (Å²) in [4.78, 5) is 21.2. The smallest absolute Gasteiger partial charge is 0.234 e. The zero-order chi connectivity index (χ0) is 20.2. The highest BCUT2D eigenvalue weighted by molar-refractivity contribution is 5.80. The molecule has 8 heteroatoms. The molecule has 0 aromatic carbocycles. The van der Waals surface area contributed by atoms with Crippen molar-refractivity contribution in [1.82, 2.24) is 20.4 Å². The summed E-state index contributed by atoms with van der Waals surface area (Å²) in [6.45, 7) is 14.1. The van der Waals surface area contributed by atoms with Crippen molar-refractivity contribution in [2.75, 3.05) is 65.6 Å². The maximum atomic E-state index is 11.9. The lowest BCUT2D eigenvalue weighted by Gasteiger charge is -2.36. The van der Waals surface area contributed by atoms with Crippen LogP contribution in [0.25, 0.3) is 0 Å². The highest BCUT2D eigenvalue weighted by Gasteiger charge is 2.21. The lowest BCUT2D eigenvalue weighted by atomic mass is 10.1. The Morgan fingerprint density at radius 2 is 1.93 bits per heavy atom. The number of nitrogens with zero attached hydrogens (tertiary/aromatic N) is 3. The van der Waals surface area contributed by atoms with Crippen LogP contribution < -0.4 is 10.6 Å². The van der Waals surface area contributed by atoms with Gasteiger partial charge in [0.05, 0.1) is 12.6 Å². The van der Waals surface area contributed by atoms with Crippen LogP contribution in [0.3, 0.4) is 0 Å². The van der Waals surface area contributed by atoms with Gasteiger partial charge in [-0.3, -0.25) is 14.7 Å². The molecule has 0 atom stereocenters. The van der Waals surface area contributed by atoms with Gasteiger partial charge in [-0.1, -0.05) is 0 Å². The van der Waals surface area contributed by atoms with Gasteiger partial charge in [-0.15, -0.1) is 0 Å². The van der Waals surface area contributed by atoms with Crippen LogP contribution in [0, 0.1) is 0 Å². The van der Waals surface area contributed by atoms with Crippen LogP contribution in [-0.2, 0) is 14.3 Å². The zero-order valence-corrected chi connectivity index (χ0v) is 17.9. The van der Waals surface area contributed by atoms with Gasteiger partial charge in [-0.25, -0.2) is 0 Å². The van der Waals surface area contributed by atoms with Gasteiger partial charge < -0.3 is 25.0 Å². The number of piperazine rings is 1. The van der Waals surface area contributed by atoms with E-state index in [1.54, 1.807) is 0 Å². The van der Waals surface area contributed by atoms with E-state index >= 15 is 0 Å². The van der Waals surface area contributed by atoms with Crippen LogP contribution in [-0.4, -0.2) is 99.4 Å². The summed E-state index contributed by atoms with van der Waals surface area (Å²) < 4.78 is 11.3. The van der Waals surface area contributed by atoms with E-state index in [0.29, 0.717) is 12.6 Å². The molecule has 0 saturated carbocycles. The Morgan fingerprint density at radius 3 is 2.57 bits per heavy atom. The number of nitrogens with one attached hydrogen (secondary N) is 2. The molecule has 2 aliphatic rings. The molecular formula is C20H39N5O3. The van der Waals surface area contributed by atoms with E-state index in [9.17, 15) is 4.79 Å². The fourth-order valence-electron chi connectivity index (χ4n) is 3.46. The molecule has 0 aromatic rings. The lowest BCUT2D eigenvalue weighted by Crippen LogP contribution is -2.54. The van der Waals surface area contributed by atoms with Gasteiger partial charge in [0.15, 0.2) is 5.96 Å². The second-order valence-corrected chi connectivity index (χ2v) is 7.76. The van der Waals surface area contributed by atoms with Gasteiger partial charge in [0, 0.05) is 65.1 Å². The molecule has 2 heterocycles. The normalized spacial score (nSPS) is 19.9. The number of ether oxygens (including phenoxy) is 2. The summed E-state index contributed by atoms with van der Waals surface area (Å²) >= 11 is 0. The number of carbonyl (C=O) groups excluding carboxylic acids is 1. The third-order valence-corrected chi connectivity index (χ3v) is 4.91. The predicted molar refractivity (Wildman–Crippen MR) is 112 cm³/mol. The quantitative estimate of drug-likeness (QED) is 0.338. The summed E-state index contributed by atoms with van der Waals surface area (Å²) in [5.74, 6) is 1.08. The van der Waals surface area contributed by atoms with Crippen molar-refractivity contribution in [2.24, 2.45) is 4.99 Å². The summed E-state index contributed by atoms with van der Waals surface area (Å²) in [5, 5.41) is 6.35. The van der Waals surface area contributed by atoms with Crippen molar-refractivity contribution in [2.45, 2.75) is 52.2 Å². The van der Waals surface area contributed by atoms with Gasteiger partial charge in [0.25, 0.3) is 0 Å². The Labute approximate surface area is 170 Å². The van der Waals surface area contributed by atoms with Gasteiger partial charge >= 0.3 is 0 Å². The van der Waals surface area contributed by atoms with Crippen molar-refractivity contribution < 1.29 is 14.3 Å². The van der Waals surface area contributed by atoms with E-state index in [1.165, 1.54) is 0 Å². The Bertz CT molecular complexity index is 472. The number of aliphatic imine (C=N–C) groups is 1. The van der Waals surface area contributed by atoms with Crippen molar-refractivity contribution >= 4 is 11.9 Å². The molecule has 2 aliphatic heterocycles. The second kappa shape index (κ2) is 13.0. The molecule has 0 aromatic heterocycles. The van der Waals surface area contributed by atoms with Crippen LogP contribution in [0.2, 0.25) is 0 Å². The molecular weight excluding hydrogens is 358 g/mol. The summed E-state index contributed by atoms with van der Waals surface area (Å²) in [6, 6.07) is 0.191. The van der Waals surface area contributed by atoms with Crippen molar-refractivity contribution in [3.8, 4) is 0 Å². The minimum Gasteiger partial charge on any atom is -0.381 e. The summed E-state index contributed by atoms with van der Waals surface area (Å²) in [7, 11) is 0. The number of carbonyl (C=O) groups is 1. The Kier molecular flexibility index (Phi) is 10.6. The van der Waals surface area contributed by atoms with Crippen molar-refractivity contribution in [3.05, 3.63) is 0 Å². The van der Waals surface area contributed by atoms with E-state index < -0.39 is 0 Å². The molecule has 2 saturated heterocycles. The minimum absolute atomic E-state index is 0.105. The van der Waals surface area contributed by atoms with Crippen molar-refractivity contribution in [1.29, 1.82) is 0 Å². The van der Waals surface area contributed by atoms with Crippen molar-refractivity contribution in [3.63, 3.8) is 0 Å². The molecule has 0 unspecified atom stereocenters. The minimum atomic E-state index is 0.105. The molecule has 0 radical (unpaired) electrons. The summed E-state index contributed by atoms with van der Waals surface area (Å²) in [6.07, 6.45) is 3.30. The van der Waals surface area contributed by atoms with Gasteiger partial charge in [0.1, 0.15) is 0 Å². The molecule has 0 bridgehead atoms. The first-order chi connectivity index (χ1) is 13.6. The number of hydrogen-bond donors (Lipinski definition) is 2. The fraction of sp³-hybridized carbons (Fsp3) is 0.900. The molecule has 2 fully saturated rings. The second-order valence-electron chi connectivity index (χ2n) is 7.76. The zero-order valence-electron chi connectivity index (χ0n) is 17.9. The Morgan fingerprint density at radius 1 is 1.21 bits per heavy atom. The molecule has 162 valence electrons. The van der Waals surface area contributed by atoms with E-state index in [-0.39, 0.29) is 11.9 Å². The average molecular weight is 398 g/mol. The number of amides is 1. The average Bonchev–Trinajstić information content (AvgIpc) is 2.68. The van der Waals surface area contributed by atoms with Crippen LogP contribution >= 0.6 is 0 Å². The van der Waals surface area contributed by atoms with Gasteiger partial charge in [-0.2, -0.15) is 0 Å². The lowest BCUT2D eigenvalue weighted by molar-refractivity contribution is -0.123. The largest absolute Gasteiger partial charge is 0.381 e. The molecule has 1 amide bonds. The molecule has 0 aliphatic carbocycles. The first-order valence-corrected chi connectivity index (χ1v) is 10.8. The van der Waals surface area contributed by atoms with Crippen LogP contribution in [0.5, 0.6) is 0 Å². The molecule has 8 nitrogen and oxygen atoms in total. The molecule has 28 heavy (non-hydrogen) atoms. The molecule has 2 N–H and O–H groups in total. The van der Waals surface area contributed by atoms with Crippen LogP contribution in [0.1, 0.15) is 40.0 Å². The topological polar surface area (TPSA) is 78.4 Å². The Balaban J connectivity index is 1.68. The first-order valence-electron chi connectivity index (χ1n) is 10.8. The van der Waals surface area contributed by atoms with Crippen LogP contribution in [0.15, 0.2) is 4.99 Å². The SMILES string of the molecule is CCNC(=NCCCOC1CCOCC1)N1CCN(CC(=O)NC(C)C)CC1. The number of guanidine groups is 1. The Hall–Kier alpha value is -1.38. The highest BCUT2D eigenvalue weighted by Crippen LogP contribution is 2.10. The fourth-order valence-corrected chi connectivity index (χ4v) is 3.46. The van der Waals surface area contributed by atoms with E-state index in [0.717, 1.165) is 84.3 Å². The molecule has 2 rings (SSSR count).